The number of rotatable bonds is 6. The van der Waals surface area contributed by atoms with Crippen LogP contribution in [0.4, 0.5) is 0 Å². The van der Waals surface area contributed by atoms with E-state index in [1.54, 1.807) is 24.3 Å². The van der Waals surface area contributed by atoms with Crippen LogP contribution in [-0.4, -0.2) is 47.7 Å². The van der Waals surface area contributed by atoms with E-state index in [2.05, 4.69) is 0 Å². The van der Waals surface area contributed by atoms with Crippen LogP contribution in [-0.2, 0) is 22.4 Å². The molecule has 0 spiro atoms. The zero-order chi connectivity index (χ0) is 19.6. The van der Waals surface area contributed by atoms with E-state index in [-0.39, 0.29) is 30.3 Å². The number of methoxy groups -OCH3 is 2. The van der Waals surface area contributed by atoms with Gasteiger partial charge in [0.25, 0.3) is 0 Å². The molecule has 27 heavy (non-hydrogen) atoms. The smallest absolute Gasteiger partial charge is 0.338 e. The highest BCUT2D eigenvalue weighted by molar-refractivity contribution is 5.82. The number of carbonyl (C=O) groups is 1. The summed E-state index contributed by atoms with van der Waals surface area (Å²) in [5.41, 5.74) is -0.262. The van der Waals surface area contributed by atoms with Crippen molar-refractivity contribution in [1.82, 2.24) is 0 Å². The number of esters is 1. The molecule has 1 aliphatic heterocycles. The Hall–Kier alpha value is -2.93. The standard InChI is InChI=1S/C20H22O7/c1-25-17-8-12(3-5-15(17)21)7-14-11-27-19(23)20(14,24)10-13-4-6-16(22)18(9-13)26-2/h3-6,8-9,14,21-22,24H,7,10-11H2,1-2H3/t14-,20-/m1/s1. The van der Waals surface area contributed by atoms with Gasteiger partial charge in [0, 0.05) is 12.3 Å². The van der Waals surface area contributed by atoms with Gasteiger partial charge >= 0.3 is 5.97 Å². The van der Waals surface area contributed by atoms with Crippen molar-refractivity contribution in [3.63, 3.8) is 0 Å². The van der Waals surface area contributed by atoms with Gasteiger partial charge in [0.1, 0.15) is 0 Å². The van der Waals surface area contributed by atoms with Crippen LogP contribution in [0.2, 0.25) is 0 Å². The van der Waals surface area contributed by atoms with Crippen molar-refractivity contribution >= 4 is 5.97 Å². The van der Waals surface area contributed by atoms with Crippen LogP contribution in [0.25, 0.3) is 0 Å². The van der Waals surface area contributed by atoms with Crippen molar-refractivity contribution in [3.05, 3.63) is 47.5 Å². The molecule has 0 radical (unpaired) electrons. The third kappa shape index (κ3) is 3.64. The second kappa shape index (κ2) is 7.36. The van der Waals surface area contributed by atoms with Crippen LogP contribution in [0.5, 0.6) is 23.0 Å². The minimum absolute atomic E-state index is 0.0185. The third-order valence-electron chi connectivity index (χ3n) is 4.89. The molecule has 0 saturated carbocycles. The first-order valence-electron chi connectivity index (χ1n) is 8.48. The lowest BCUT2D eigenvalue weighted by atomic mass is 9.81. The molecule has 0 amide bonds. The maximum Gasteiger partial charge on any atom is 0.338 e. The quantitative estimate of drug-likeness (QED) is 0.662. The molecule has 1 fully saturated rings. The molecule has 3 rings (SSSR count). The van der Waals surface area contributed by atoms with E-state index < -0.39 is 17.5 Å². The Morgan fingerprint density at radius 1 is 1.04 bits per heavy atom. The molecule has 7 nitrogen and oxygen atoms in total. The zero-order valence-corrected chi connectivity index (χ0v) is 15.1. The average Bonchev–Trinajstić information content (AvgIpc) is 2.92. The third-order valence-corrected chi connectivity index (χ3v) is 4.89. The monoisotopic (exact) mass is 374 g/mol. The summed E-state index contributed by atoms with van der Waals surface area (Å²) >= 11 is 0. The lowest BCUT2D eigenvalue weighted by molar-refractivity contribution is -0.154. The van der Waals surface area contributed by atoms with Gasteiger partial charge in [0.05, 0.1) is 20.8 Å². The van der Waals surface area contributed by atoms with Gasteiger partial charge in [-0.25, -0.2) is 4.79 Å². The number of phenols is 2. The summed E-state index contributed by atoms with van der Waals surface area (Å²) in [4.78, 5) is 12.3. The van der Waals surface area contributed by atoms with Crippen LogP contribution < -0.4 is 9.47 Å². The van der Waals surface area contributed by atoms with Gasteiger partial charge in [-0.15, -0.1) is 0 Å². The lowest BCUT2D eigenvalue weighted by Crippen LogP contribution is -2.44. The minimum atomic E-state index is -1.70. The fourth-order valence-electron chi connectivity index (χ4n) is 3.33. The normalized spacial score (nSPS) is 21.7. The summed E-state index contributed by atoms with van der Waals surface area (Å²) < 4.78 is 15.3. The Kier molecular flexibility index (Phi) is 5.14. The Labute approximate surface area is 156 Å². The van der Waals surface area contributed by atoms with E-state index in [0.717, 1.165) is 5.56 Å². The van der Waals surface area contributed by atoms with Gasteiger partial charge in [0.15, 0.2) is 28.6 Å². The van der Waals surface area contributed by atoms with Crippen molar-refractivity contribution in [2.24, 2.45) is 5.92 Å². The molecule has 2 atom stereocenters. The highest BCUT2D eigenvalue weighted by Gasteiger charge is 2.51. The highest BCUT2D eigenvalue weighted by Crippen LogP contribution is 2.36. The number of phenolic OH excluding ortho intramolecular Hbond substituents is 2. The first kappa shape index (κ1) is 18.8. The van der Waals surface area contributed by atoms with Crippen molar-refractivity contribution in [3.8, 4) is 23.0 Å². The molecule has 0 bridgehead atoms. The molecular weight excluding hydrogens is 352 g/mol. The number of cyclic esters (lactones) is 1. The van der Waals surface area contributed by atoms with E-state index in [1.807, 2.05) is 0 Å². The summed E-state index contributed by atoms with van der Waals surface area (Å²) in [6, 6.07) is 9.56. The second-order valence-corrected chi connectivity index (χ2v) is 6.61. The van der Waals surface area contributed by atoms with Crippen LogP contribution in [0.3, 0.4) is 0 Å². The number of aromatic hydroxyl groups is 2. The van der Waals surface area contributed by atoms with Gasteiger partial charge in [-0.3, -0.25) is 0 Å². The fraction of sp³-hybridized carbons (Fsp3) is 0.350. The Morgan fingerprint density at radius 3 is 2.19 bits per heavy atom. The van der Waals surface area contributed by atoms with Gasteiger partial charge in [-0.2, -0.15) is 0 Å². The number of carbonyl (C=O) groups excluding carboxylic acids is 1. The molecule has 0 aliphatic carbocycles. The van der Waals surface area contributed by atoms with E-state index >= 15 is 0 Å². The summed E-state index contributed by atoms with van der Waals surface area (Å²) in [5.74, 6) is -0.558. The highest BCUT2D eigenvalue weighted by atomic mass is 16.6. The van der Waals surface area contributed by atoms with Gasteiger partial charge in [-0.05, 0) is 41.8 Å². The molecule has 3 N–H and O–H groups in total. The molecule has 1 heterocycles. The topological polar surface area (TPSA) is 105 Å². The first-order valence-corrected chi connectivity index (χ1v) is 8.48. The van der Waals surface area contributed by atoms with Crippen LogP contribution in [0.1, 0.15) is 11.1 Å². The molecule has 0 unspecified atom stereocenters. The SMILES string of the molecule is COc1cc(C[C@@H]2COC(=O)[C@@]2(O)Cc2ccc(O)c(OC)c2)ccc1O. The Morgan fingerprint density at radius 2 is 1.59 bits per heavy atom. The molecule has 1 saturated heterocycles. The van der Waals surface area contributed by atoms with E-state index in [1.165, 1.54) is 26.4 Å². The van der Waals surface area contributed by atoms with Crippen molar-refractivity contribution in [1.29, 1.82) is 0 Å². The Bertz CT molecular complexity index is 848. The van der Waals surface area contributed by atoms with Crippen LogP contribution in [0.15, 0.2) is 36.4 Å². The van der Waals surface area contributed by atoms with Crippen molar-refractivity contribution in [2.75, 3.05) is 20.8 Å². The molecule has 144 valence electrons. The molecule has 2 aromatic carbocycles. The number of hydrogen-bond acceptors (Lipinski definition) is 7. The van der Waals surface area contributed by atoms with Gasteiger partial charge in [-0.1, -0.05) is 12.1 Å². The maximum atomic E-state index is 12.3. The number of aliphatic hydroxyl groups is 1. The zero-order valence-electron chi connectivity index (χ0n) is 15.1. The molecule has 0 aromatic heterocycles. The number of benzene rings is 2. The van der Waals surface area contributed by atoms with E-state index in [9.17, 15) is 20.1 Å². The van der Waals surface area contributed by atoms with Crippen LogP contribution >= 0.6 is 0 Å². The summed E-state index contributed by atoms with van der Waals surface area (Å²) in [7, 11) is 2.88. The van der Waals surface area contributed by atoms with Crippen molar-refractivity contribution < 1.29 is 34.3 Å². The first-order chi connectivity index (χ1) is 12.9. The van der Waals surface area contributed by atoms with Gasteiger partial charge in [0.2, 0.25) is 0 Å². The van der Waals surface area contributed by atoms with Crippen molar-refractivity contribution in [2.45, 2.75) is 18.4 Å². The summed E-state index contributed by atoms with van der Waals surface area (Å²) in [6.07, 6.45) is 0.399. The maximum absolute atomic E-state index is 12.3. The molecule has 2 aromatic rings. The predicted molar refractivity (Wildman–Crippen MR) is 96.1 cm³/mol. The summed E-state index contributed by atoms with van der Waals surface area (Å²) in [5, 5.41) is 30.5. The predicted octanol–water partition coefficient (Wildman–Crippen LogP) is 1.80. The van der Waals surface area contributed by atoms with E-state index in [4.69, 9.17) is 14.2 Å². The lowest BCUT2D eigenvalue weighted by Gasteiger charge is -2.26. The summed E-state index contributed by atoms with van der Waals surface area (Å²) in [6.45, 7) is 0.0910. The fourth-order valence-corrected chi connectivity index (χ4v) is 3.33. The largest absolute Gasteiger partial charge is 0.504 e. The number of ether oxygens (including phenoxy) is 3. The molecular formula is C20H22O7. The Balaban J connectivity index is 1.84. The molecule has 1 aliphatic rings. The minimum Gasteiger partial charge on any atom is -0.504 e. The molecule has 7 heteroatoms. The average molecular weight is 374 g/mol. The van der Waals surface area contributed by atoms with E-state index in [0.29, 0.717) is 17.7 Å². The van der Waals surface area contributed by atoms with Crippen LogP contribution in [0, 0.1) is 5.92 Å². The number of hydrogen-bond donors (Lipinski definition) is 3. The van der Waals surface area contributed by atoms with Gasteiger partial charge < -0.3 is 29.5 Å². The second-order valence-electron chi connectivity index (χ2n) is 6.61.